The van der Waals surface area contributed by atoms with Gasteiger partial charge in [0.2, 0.25) is 0 Å². The summed E-state index contributed by atoms with van der Waals surface area (Å²) in [7, 11) is 2.10. The fourth-order valence-corrected chi connectivity index (χ4v) is 3.11. The highest BCUT2D eigenvalue weighted by Gasteiger charge is 2.40. The Hall–Kier alpha value is -0.610. The molecule has 4 heteroatoms. The van der Waals surface area contributed by atoms with Gasteiger partial charge in [-0.3, -0.25) is 4.79 Å². The first-order chi connectivity index (χ1) is 7.18. The van der Waals surface area contributed by atoms with Crippen molar-refractivity contribution in [1.29, 1.82) is 0 Å². The fraction of sp³-hybridized carbons (Fsp3) is 0.909. The summed E-state index contributed by atoms with van der Waals surface area (Å²) in [6, 6.07) is 0.539. The molecule has 0 aromatic heterocycles. The van der Waals surface area contributed by atoms with E-state index in [1.807, 2.05) is 0 Å². The quantitative estimate of drug-likeness (QED) is 0.737. The molecule has 2 saturated heterocycles. The smallest absolute Gasteiger partial charge is 0.303 e. The zero-order valence-electron chi connectivity index (χ0n) is 9.19. The molecule has 2 heterocycles. The van der Waals surface area contributed by atoms with E-state index >= 15 is 0 Å². The largest absolute Gasteiger partial charge is 0.481 e. The van der Waals surface area contributed by atoms with Crippen LogP contribution in [0.4, 0.5) is 0 Å². The van der Waals surface area contributed by atoms with Crippen LogP contribution in [-0.2, 0) is 9.53 Å². The lowest BCUT2D eigenvalue weighted by Gasteiger charge is -2.22. The van der Waals surface area contributed by atoms with E-state index in [9.17, 15) is 4.79 Å². The number of fused-ring (bicyclic) bond motifs is 1. The first kappa shape index (κ1) is 10.9. The Labute approximate surface area is 90.2 Å². The highest BCUT2D eigenvalue weighted by atomic mass is 16.5. The van der Waals surface area contributed by atoms with Crippen molar-refractivity contribution in [3.63, 3.8) is 0 Å². The van der Waals surface area contributed by atoms with E-state index in [-0.39, 0.29) is 0 Å². The standard InChI is InChI=1S/C11H19NO3/c1-12-7-8(6-11(13)14)9-2-4-15-5-3-10(9)12/h8-10H,2-7H2,1H3,(H,13,14). The van der Waals surface area contributed by atoms with Crippen LogP contribution >= 0.6 is 0 Å². The number of ether oxygens (including phenoxy) is 1. The van der Waals surface area contributed by atoms with Crippen LogP contribution in [0.25, 0.3) is 0 Å². The van der Waals surface area contributed by atoms with Crippen molar-refractivity contribution in [2.24, 2.45) is 11.8 Å². The van der Waals surface area contributed by atoms with Gasteiger partial charge in [-0.25, -0.2) is 0 Å². The monoisotopic (exact) mass is 213 g/mol. The van der Waals surface area contributed by atoms with Crippen molar-refractivity contribution in [3.05, 3.63) is 0 Å². The van der Waals surface area contributed by atoms with E-state index in [1.54, 1.807) is 0 Å². The van der Waals surface area contributed by atoms with E-state index in [4.69, 9.17) is 9.84 Å². The molecular weight excluding hydrogens is 194 g/mol. The zero-order chi connectivity index (χ0) is 10.8. The highest BCUT2D eigenvalue weighted by molar-refractivity contribution is 5.67. The SMILES string of the molecule is CN1CC(CC(=O)O)C2CCOCCC21. The van der Waals surface area contributed by atoms with Crippen LogP contribution in [0.3, 0.4) is 0 Å². The highest BCUT2D eigenvalue weighted by Crippen LogP contribution is 2.36. The van der Waals surface area contributed by atoms with Crippen LogP contribution in [0.5, 0.6) is 0 Å². The Morgan fingerprint density at radius 1 is 1.47 bits per heavy atom. The summed E-state index contributed by atoms with van der Waals surface area (Å²) < 4.78 is 5.46. The summed E-state index contributed by atoms with van der Waals surface area (Å²) in [5, 5.41) is 8.87. The third-order valence-electron chi connectivity index (χ3n) is 3.78. The molecule has 0 radical (unpaired) electrons. The number of hydrogen-bond donors (Lipinski definition) is 1. The maximum atomic E-state index is 10.8. The lowest BCUT2D eigenvalue weighted by molar-refractivity contribution is -0.138. The average molecular weight is 213 g/mol. The predicted molar refractivity (Wildman–Crippen MR) is 55.7 cm³/mol. The van der Waals surface area contributed by atoms with Gasteiger partial charge in [-0.15, -0.1) is 0 Å². The second-order valence-corrected chi connectivity index (χ2v) is 4.72. The third kappa shape index (κ3) is 2.32. The Morgan fingerprint density at radius 2 is 2.20 bits per heavy atom. The second-order valence-electron chi connectivity index (χ2n) is 4.72. The topological polar surface area (TPSA) is 49.8 Å². The summed E-state index contributed by atoms with van der Waals surface area (Å²) in [5.74, 6) is 0.173. The number of rotatable bonds is 2. The normalized spacial score (nSPS) is 37.3. The molecule has 2 aliphatic rings. The summed E-state index contributed by atoms with van der Waals surface area (Å²) in [6.07, 6.45) is 2.38. The van der Waals surface area contributed by atoms with Crippen molar-refractivity contribution < 1.29 is 14.6 Å². The van der Waals surface area contributed by atoms with Gasteiger partial charge < -0.3 is 14.7 Å². The molecule has 0 spiro atoms. The summed E-state index contributed by atoms with van der Waals surface area (Å²) in [6.45, 7) is 2.55. The van der Waals surface area contributed by atoms with E-state index < -0.39 is 5.97 Å². The Morgan fingerprint density at radius 3 is 2.93 bits per heavy atom. The van der Waals surface area contributed by atoms with Crippen molar-refractivity contribution >= 4 is 5.97 Å². The van der Waals surface area contributed by atoms with Gasteiger partial charge in [-0.2, -0.15) is 0 Å². The molecule has 15 heavy (non-hydrogen) atoms. The maximum absolute atomic E-state index is 10.8. The maximum Gasteiger partial charge on any atom is 0.303 e. The zero-order valence-corrected chi connectivity index (χ0v) is 9.19. The van der Waals surface area contributed by atoms with Gasteiger partial charge in [0.1, 0.15) is 0 Å². The fourth-order valence-electron chi connectivity index (χ4n) is 3.11. The van der Waals surface area contributed by atoms with Crippen LogP contribution in [0.15, 0.2) is 0 Å². The lowest BCUT2D eigenvalue weighted by atomic mass is 9.85. The van der Waals surface area contributed by atoms with Crippen LogP contribution in [0, 0.1) is 11.8 Å². The number of hydrogen-bond acceptors (Lipinski definition) is 3. The molecule has 4 nitrogen and oxygen atoms in total. The third-order valence-corrected chi connectivity index (χ3v) is 3.78. The number of carboxylic acids is 1. The van der Waals surface area contributed by atoms with Gasteiger partial charge in [0.05, 0.1) is 0 Å². The molecule has 86 valence electrons. The first-order valence-corrected chi connectivity index (χ1v) is 5.68. The van der Waals surface area contributed by atoms with Gasteiger partial charge in [-0.1, -0.05) is 0 Å². The van der Waals surface area contributed by atoms with Crippen LogP contribution < -0.4 is 0 Å². The van der Waals surface area contributed by atoms with Crippen LogP contribution in [0.1, 0.15) is 19.3 Å². The number of carbonyl (C=O) groups is 1. The molecule has 0 amide bonds. The van der Waals surface area contributed by atoms with Gasteiger partial charge in [0.25, 0.3) is 0 Å². The first-order valence-electron chi connectivity index (χ1n) is 5.68. The average Bonchev–Trinajstić information content (AvgIpc) is 2.40. The summed E-state index contributed by atoms with van der Waals surface area (Å²) in [5.41, 5.74) is 0. The van der Waals surface area contributed by atoms with Gasteiger partial charge in [-0.05, 0) is 31.7 Å². The summed E-state index contributed by atoms with van der Waals surface area (Å²) in [4.78, 5) is 13.1. The van der Waals surface area contributed by atoms with Crippen molar-refractivity contribution in [3.8, 4) is 0 Å². The van der Waals surface area contributed by atoms with E-state index in [1.165, 1.54) is 0 Å². The minimum absolute atomic E-state index is 0.311. The molecule has 0 aromatic rings. The van der Waals surface area contributed by atoms with Gasteiger partial charge in [0, 0.05) is 32.2 Å². The molecule has 0 aliphatic carbocycles. The molecule has 0 aromatic carbocycles. The van der Waals surface area contributed by atoms with E-state index in [0.29, 0.717) is 24.3 Å². The van der Waals surface area contributed by atoms with Gasteiger partial charge >= 0.3 is 5.97 Å². The molecular formula is C11H19NO3. The van der Waals surface area contributed by atoms with Gasteiger partial charge in [0.15, 0.2) is 0 Å². The molecule has 2 fully saturated rings. The molecule has 3 atom stereocenters. The Balaban J connectivity index is 2.04. The minimum atomic E-state index is -0.667. The second kappa shape index (κ2) is 4.49. The number of likely N-dealkylation sites (tertiary alicyclic amines) is 1. The van der Waals surface area contributed by atoms with Crippen molar-refractivity contribution in [2.45, 2.75) is 25.3 Å². The molecule has 1 N–H and O–H groups in total. The molecule has 0 bridgehead atoms. The number of nitrogens with zero attached hydrogens (tertiary/aromatic N) is 1. The number of carboxylic acid groups (broad SMARTS) is 1. The van der Waals surface area contributed by atoms with Crippen LogP contribution in [0.2, 0.25) is 0 Å². The molecule has 2 rings (SSSR count). The Kier molecular flexibility index (Phi) is 3.26. The molecule has 2 aliphatic heterocycles. The van der Waals surface area contributed by atoms with Crippen molar-refractivity contribution in [2.75, 3.05) is 26.8 Å². The summed E-state index contributed by atoms with van der Waals surface area (Å²) >= 11 is 0. The van der Waals surface area contributed by atoms with E-state index in [0.717, 1.165) is 32.6 Å². The van der Waals surface area contributed by atoms with Crippen LogP contribution in [-0.4, -0.2) is 48.8 Å². The van der Waals surface area contributed by atoms with Crippen molar-refractivity contribution in [1.82, 2.24) is 4.90 Å². The number of aliphatic carboxylic acids is 1. The minimum Gasteiger partial charge on any atom is -0.481 e. The van der Waals surface area contributed by atoms with E-state index in [2.05, 4.69) is 11.9 Å². The molecule has 0 saturated carbocycles. The Bertz CT molecular complexity index is 244. The lowest BCUT2D eigenvalue weighted by Crippen LogP contribution is -2.29. The molecule has 3 unspecified atom stereocenters. The predicted octanol–water partition coefficient (Wildman–Crippen LogP) is 0.818.